The van der Waals surface area contributed by atoms with Crippen molar-refractivity contribution in [3.05, 3.63) is 0 Å². The Morgan fingerprint density at radius 3 is 1.71 bits per heavy atom. The van der Waals surface area contributed by atoms with Crippen molar-refractivity contribution < 1.29 is 4.39 Å². The molecule has 0 aromatic rings. The minimum absolute atomic E-state index is 0.548. The van der Waals surface area contributed by atoms with Crippen molar-refractivity contribution in [1.29, 1.82) is 0 Å². The van der Waals surface area contributed by atoms with E-state index in [-0.39, 0.29) is 0 Å². The van der Waals surface area contributed by atoms with Crippen molar-refractivity contribution in [2.24, 2.45) is 0 Å². The van der Waals surface area contributed by atoms with Crippen LogP contribution in [-0.4, -0.2) is 27.1 Å². The van der Waals surface area contributed by atoms with E-state index >= 15 is 0 Å². The fourth-order valence-corrected chi connectivity index (χ4v) is 2.14. The van der Waals surface area contributed by atoms with Crippen LogP contribution in [0.25, 0.3) is 0 Å². The number of hydrogen-bond donors (Lipinski definition) is 0. The second-order valence-corrected chi connectivity index (χ2v) is 5.65. The standard InChI is InChI=1S/C12H24F.Sb/c1-2-3-4-5-6-7-8-9-10-11-12-13;/h12H,2-11H2,1H3;. The summed E-state index contributed by atoms with van der Waals surface area (Å²) in [5.41, 5.74) is 0. The predicted octanol–water partition coefficient (Wildman–Crippen LogP) is 4.37. The molecule has 0 bridgehead atoms. The van der Waals surface area contributed by atoms with Crippen molar-refractivity contribution in [3.63, 3.8) is 0 Å². The zero-order chi connectivity index (χ0) is 10.6. The van der Waals surface area contributed by atoms with Gasteiger partial charge in [0.2, 0.25) is 0 Å². The number of hydrogen-bond acceptors (Lipinski definition) is 0. The molecule has 1 atom stereocenters. The fraction of sp³-hybridized carbons (Fsp3) is 1.00. The predicted molar refractivity (Wildman–Crippen MR) is 62.5 cm³/mol. The van der Waals surface area contributed by atoms with Crippen molar-refractivity contribution in [2.45, 2.75) is 75.3 Å². The molecule has 0 aliphatic carbocycles. The van der Waals surface area contributed by atoms with E-state index < -0.39 is 4.12 Å². The molecule has 0 aliphatic heterocycles. The SMILES string of the molecule is CCCCCCCCCCC[CH](F)[Sb]. The molecule has 2 heteroatoms. The van der Waals surface area contributed by atoms with Crippen LogP contribution in [0.5, 0.6) is 0 Å². The molecule has 0 spiro atoms. The summed E-state index contributed by atoms with van der Waals surface area (Å²) in [7, 11) is 0. The second-order valence-electron chi connectivity index (χ2n) is 4.05. The van der Waals surface area contributed by atoms with Gasteiger partial charge in [-0.25, -0.2) is 0 Å². The summed E-state index contributed by atoms with van der Waals surface area (Å²) in [5.74, 6) is 0. The van der Waals surface area contributed by atoms with Crippen LogP contribution in [0.1, 0.15) is 71.1 Å². The molecule has 84 valence electrons. The fourth-order valence-electron chi connectivity index (χ4n) is 1.62. The van der Waals surface area contributed by atoms with Gasteiger partial charge in [0.05, 0.1) is 0 Å². The second kappa shape index (κ2) is 11.8. The van der Waals surface area contributed by atoms with Gasteiger partial charge in [0.25, 0.3) is 0 Å². The van der Waals surface area contributed by atoms with E-state index in [0.29, 0.717) is 0 Å². The van der Waals surface area contributed by atoms with Gasteiger partial charge < -0.3 is 0 Å². The molecule has 1 unspecified atom stereocenters. The van der Waals surface area contributed by atoms with Crippen LogP contribution in [0.15, 0.2) is 0 Å². The third-order valence-electron chi connectivity index (χ3n) is 2.55. The number of alkyl halides is 1. The summed E-state index contributed by atoms with van der Waals surface area (Å²) in [4.78, 5) is 0. The molecule has 0 rings (SSSR count). The van der Waals surface area contributed by atoms with E-state index in [1.807, 2.05) is 0 Å². The molecule has 0 nitrogen and oxygen atoms in total. The zero-order valence-electron chi connectivity index (χ0n) is 9.47. The molecule has 0 saturated carbocycles. The summed E-state index contributed by atoms with van der Waals surface area (Å²) in [6, 6.07) is 0. The van der Waals surface area contributed by atoms with E-state index in [1.54, 1.807) is 0 Å². The molecule has 0 aliphatic rings. The Hall–Kier alpha value is 0.748. The van der Waals surface area contributed by atoms with Crippen molar-refractivity contribution in [2.75, 3.05) is 0 Å². The van der Waals surface area contributed by atoms with Crippen LogP contribution in [0, 0.1) is 0 Å². The van der Waals surface area contributed by atoms with Gasteiger partial charge in [-0.15, -0.1) is 0 Å². The van der Waals surface area contributed by atoms with Crippen LogP contribution in [0.4, 0.5) is 4.39 Å². The van der Waals surface area contributed by atoms with Gasteiger partial charge in [0.1, 0.15) is 0 Å². The topological polar surface area (TPSA) is 0 Å². The third-order valence-corrected chi connectivity index (χ3v) is 3.28. The molecule has 0 saturated heterocycles. The van der Waals surface area contributed by atoms with Crippen LogP contribution >= 0.6 is 0 Å². The Labute approximate surface area is 103 Å². The average Bonchev–Trinajstić information content (AvgIpc) is 2.15. The Morgan fingerprint density at radius 1 is 0.857 bits per heavy atom. The number of rotatable bonds is 10. The number of halogens is 1. The molecule has 2 radical (unpaired) electrons. The molecule has 14 heavy (non-hydrogen) atoms. The molecule has 0 N–H and O–H groups in total. The van der Waals surface area contributed by atoms with E-state index in [1.165, 1.54) is 74.4 Å². The van der Waals surface area contributed by atoms with Crippen molar-refractivity contribution in [3.8, 4) is 0 Å². The van der Waals surface area contributed by atoms with Gasteiger partial charge in [-0.2, -0.15) is 0 Å². The van der Waals surface area contributed by atoms with E-state index in [4.69, 9.17) is 0 Å². The van der Waals surface area contributed by atoms with E-state index in [9.17, 15) is 4.39 Å². The molecule has 0 heterocycles. The zero-order valence-corrected chi connectivity index (χ0v) is 12.0. The Balaban J connectivity index is 2.85. The molecule has 0 aromatic carbocycles. The van der Waals surface area contributed by atoms with Crippen molar-refractivity contribution >= 4 is 23.0 Å². The quantitative estimate of drug-likeness (QED) is 0.415. The normalized spacial score (nSPS) is 13.1. The first-order valence-corrected chi connectivity index (χ1v) is 7.57. The number of unbranched alkanes of at least 4 members (excludes halogenated alkanes) is 8. The maximum absolute atomic E-state index is 12.4. The summed E-state index contributed by atoms with van der Waals surface area (Å²) in [6.45, 7) is 2.25. The van der Waals surface area contributed by atoms with Gasteiger partial charge in [-0.05, 0) is 0 Å². The summed E-state index contributed by atoms with van der Waals surface area (Å²) >= 11 is 1.32. The van der Waals surface area contributed by atoms with E-state index in [0.717, 1.165) is 12.8 Å². The Bertz CT molecular complexity index is 104. The first kappa shape index (κ1) is 14.7. The summed E-state index contributed by atoms with van der Waals surface area (Å²) in [6.07, 6.45) is 12.7. The summed E-state index contributed by atoms with van der Waals surface area (Å²) in [5, 5.41) is 0. The minimum atomic E-state index is -0.548. The van der Waals surface area contributed by atoms with Crippen LogP contribution in [-0.2, 0) is 0 Å². The average molecular weight is 309 g/mol. The Kier molecular flexibility index (Phi) is 12.5. The molecular weight excluding hydrogens is 285 g/mol. The monoisotopic (exact) mass is 308 g/mol. The van der Waals surface area contributed by atoms with E-state index in [2.05, 4.69) is 6.92 Å². The van der Waals surface area contributed by atoms with Crippen molar-refractivity contribution in [1.82, 2.24) is 0 Å². The van der Waals surface area contributed by atoms with Crippen LogP contribution in [0.2, 0.25) is 0 Å². The first-order chi connectivity index (χ1) is 6.77. The van der Waals surface area contributed by atoms with Gasteiger partial charge in [0, 0.05) is 0 Å². The van der Waals surface area contributed by atoms with Gasteiger partial charge in [0.15, 0.2) is 0 Å². The van der Waals surface area contributed by atoms with Gasteiger partial charge in [-0.3, -0.25) is 0 Å². The Morgan fingerprint density at radius 2 is 1.29 bits per heavy atom. The molecule has 0 amide bonds. The third kappa shape index (κ3) is 12.7. The summed E-state index contributed by atoms with van der Waals surface area (Å²) < 4.78 is 11.9. The van der Waals surface area contributed by atoms with Crippen LogP contribution in [0.3, 0.4) is 0 Å². The van der Waals surface area contributed by atoms with Gasteiger partial charge >= 0.3 is 103 Å². The maximum atomic E-state index is 12.4. The molecular formula is C12H24FSb. The molecule has 0 aromatic heterocycles. The molecule has 0 fully saturated rings. The van der Waals surface area contributed by atoms with Gasteiger partial charge in [-0.1, -0.05) is 0 Å². The van der Waals surface area contributed by atoms with Crippen LogP contribution < -0.4 is 0 Å². The first-order valence-electron chi connectivity index (χ1n) is 6.09.